The van der Waals surface area contributed by atoms with Crippen LogP contribution in [-0.4, -0.2) is 24.9 Å². The predicted molar refractivity (Wildman–Crippen MR) is 76.1 cm³/mol. The molecule has 2 heterocycles. The van der Waals surface area contributed by atoms with Crippen molar-refractivity contribution in [2.45, 2.75) is 18.9 Å². The van der Waals surface area contributed by atoms with Gasteiger partial charge in [-0.15, -0.1) is 0 Å². The lowest BCUT2D eigenvalue weighted by atomic mass is 9.95. The first kappa shape index (κ1) is 12.9. The first-order chi connectivity index (χ1) is 9.56. The van der Waals surface area contributed by atoms with Gasteiger partial charge in [0.1, 0.15) is 6.04 Å². The van der Waals surface area contributed by atoms with Crippen molar-refractivity contribution < 1.29 is 9.59 Å². The smallest absolute Gasteiger partial charge is 0.245 e. The molecule has 6 nitrogen and oxygen atoms in total. The number of nitrogens with two attached hydrogens (primary N) is 2. The lowest BCUT2D eigenvalue weighted by Crippen LogP contribution is -2.38. The molecule has 1 fully saturated rings. The molecule has 20 heavy (non-hydrogen) atoms. The molecule has 2 aliphatic heterocycles. The summed E-state index contributed by atoms with van der Waals surface area (Å²) in [5, 5.41) is 2.79. The maximum absolute atomic E-state index is 11.5. The number of primary amides is 1. The molecule has 0 saturated carbocycles. The number of nitrogens with one attached hydrogen (secondary N) is 1. The highest BCUT2D eigenvalue weighted by atomic mass is 16.2. The summed E-state index contributed by atoms with van der Waals surface area (Å²) >= 11 is 0. The van der Waals surface area contributed by atoms with Gasteiger partial charge in [0.15, 0.2) is 0 Å². The molecule has 1 saturated heterocycles. The zero-order valence-corrected chi connectivity index (χ0v) is 11.1. The average molecular weight is 274 g/mol. The Bertz CT molecular complexity index is 564. The van der Waals surface area contributed by atoms with Crippen molar-refractivity contribution in [3.05, 3.63) is 23.8 Å². The van der Waals surface area contributed by atoms with Gasteiger partial charge in [-0.05, 0) is 25.0 Å². The predicted octanol–water partition coefficient (Wildman–Crippen LogP) is 0.340. The van der Waals surface area contributed by atoms with Crippen molar-refractivity contribution in [1.82, 2.24) is 0 Å². The van der Waals surface area contributed by atoms with E-state index < -0.39 is 6.04 Å². The third-order valence-corrected chi connectivity index (χ3v) is 4.17. The van der Waals surface area contributed by atoms with Gasteiger partial charge in [0, 0.05) is 35.9 Å². The number of hydrogen-bond donors (Lipinski definition) is 3. The molecular formula is C14H18N4O2. The molecule has 3 rings (SSSR count). The van der Waals surface area contributed by atoms with Gasteiger partial charge in [-0.2, -0.15) is 0 Å². The normalized spacial score (nSPS) is 22.6. The van der Waals surface area contributed by atoms with Gasteiger partial charge in [0.05, 0.1) is 0 Å². The van der Waals surface area contributed by atoms with Crippen molar-refractivity contribution in [3.8, 4) is 0 Å². The number of amides is 2. The second-order valence-corrected chi connectivity index (χ2v) is 5.40. The minimum Gasteiger partial charge on any atom is -0.371 e. The second-order valence-electron chi connectivity index (χ2n) is 5.40. The van der Waals surface area contributed by atoms with E-state index in [-0.39, 0.29) is 17.7 Å². The van der Waals surface area contributed by atoms with E-state index in [1.807, 2.05) is 18.2 Å². The van der Waals surface area contributed by atoms with Crippen LogP contribution in [-0.2, 0) is 9.59 Å². The molecule has 0 aliphatic carbocycles. The number of benzene rings is 1. The van der Waals surface area contributed by atoms with E-state index in [2.05, 4.69) is 10.2 Å². The molecule has 1 atom stereocenters. The van der Waals surface area contributed by atoms with E-state index in [1.165, 1.54) is 0 Å². The fourth-order valence-corrected chi connectivity index (χ4v) is 2.89. The molecule has 0 aromatic heterocycles. The summed E-state index contributed by atoms with van der Waals surface area (Å²) in [6.45, 7) is 1.60. The number of hydrogen-bond acceptors (Lipinski definition) is 4. The van der Waals surface area contributed by atoms with Crippen LogP contribution in [0.4, 0.5) is 11.4 Å². The average Bonchev–Trinajstić information content (AvgIpc) is 2.74. The minimum atomic E-state index is -0.570. The Morgan fingerprint density at radius 1 is 1.30 bits per heavy atom. The summed E-state index contributed by atoms with van der Waals surface area (Å²) in [5.41, 5.74) is 13.8. The van der Waals surface area contributed by atoms with E-state index in [0.717, 1.165) is 42.9 Å². The number of piperidine rings is 1. The third-order valence-electron chi connectivity index (χ3n) is 4.17. The Labute approximate surface area is 117 Å². The molecule has 0 spiro atoms. The van der Waals surface area contributed by atoms with Gasteiger partial charge < -0.3 is 21.7 Å². The standard InChI is InChI=1S/C14H18N4O2/c15-12-10-2-1-9(7-11(10)17-14(12)20)18-5-3-8(4-6-18)13(16)19/h1-2,7-8,12H,3-6,15H2,(H2,16,19)(H,17,20). The van der Waals surface area contributed by atoms with Crippen LogP contribution in [0.15, 0.2) is 18.2 Å². The van der Waals surface area contributed by atoms with Crippen molar-refractivity contribution in [2.75, 3.05) is 23.3 Å². The summed E-state index contributed by atoms with van der Waals surface area (Å²) in [6, 6.07) is 5.25. The Balaban J connectivity index is 1.75. The van der Waals surface area contributed by atoms with E-state index >= 15 is 0 Å². The molecule has 5 N–H and O–H groups in total. The van der Waals surface area contributed by atoms with E-state index in [9.17, 15) is 9.59 Å². The quantitative estimate of drug-likeness (QED) is 0.723. The highest BCUT2D eigenvalue weighted by molar-refractivity contribution is 6.03. The lowest BCUT2D eigenvalue weighted by molar-refractivity contribution is -0.122. The minimum absolute atomic E-state index is 0.0196. The molecule has 106 valence electrons. The number of fused-ring (bicyclic) bond motifs is 1. The van der Waals surface area contributed by atoms with Crippen LogP contribution in [0, 0.1) is 5.92 Å². The molecule has 6 heteroatoms. The number of carbonyl (C=O) groups excluding carboxylic acids is 2. The Morgan fingerprint density at radius 2 is 2.00 bits per heavy atom. The second kappa shape index (κ2) is 4.79. The van der Waals surface area contributed by atoms with Gasteiger partial charge in [-0.1, -0.05) is 6.07 Å². The van der Waals surface area contributed by atoms with Crippen LogP contribution in [0.3, 0.4) is 0 Å². The Hall–Kier alpha value is -2.08. The first-order valence-electron chi connectivity index (χ1n) is 6.81. The maximum atomic E-state index is 11.5. The molecule has 0 radical (unpaired) electrons. The lowest BCUT2D eigenvalue weighted by Gasteiger charge is -2.32. The van der Waals surface area contributed by atoms with Crippen LogP contribution in [0.5, 0.6) is 0 Å². The van der Waals surface area contributed by atoms with Gasteiger partial charge in [0.25, 0.3) is 0 Å². The van der Waals surface area contributed by atoms with E-state index in [4.69, 9.17) is 11.5 Å². The molecule has 2 aliphatic rings. The molecular weight excluding hydrogens is 256 g/mol. The Kier molecular flexibility index (Phi) is 3.10. The summed E-state index contributed by atoms with van der Waals surface area (Å²) < 4.78 is 0. The van der Waals surface area contributed by atoms with Crippen LogP contribution in [0.1, 0.15) is 24.4 Å². The molecule has 1 aromatic rings. The number of nitrogens with zero attached hydrogens (tertiary/aromatic N) is 1. The van der Waals surface area contributed by atoms with Gasteiger partial charge in [-0.3, -0.25) is 9.59 Å². The SMILES string of the molecule is NC(=O)C1CCN(c2ccc3c(c2)NC(=O)C3N)CC1. The monoisotopic (exact) mass is 274 g/mol. The van der Waals surface area contributed by atoms with Crippen molar-refractivity contribution in [2.24, 2.45) is 17.4 Å². The number of anilines is 2. The summed E-state index contributed by atoms with van der Waals surface area (Å²) in [7, 11) is 0. The molecule has 0 bridgehead atoms. The van der Waals surface area contributed by atoms with Crippen molar-refractivity contribution in [1.29, 1.82) is 0 Å². The van der Waals surface area contributed by atoms with Crippen LogP contribution in [0.2, 0.25) is 0 Å². The topological polar surface area (TPSA) is 101 Å². The van der Waals surface area contributed by atoms with E-state index in [0.29, 0.717) is 0 Å². The van der Waals surface area contributed by atoms with E-state index in [1.54, 1.807) is 0 Å². The Morgan fingerprint density at radius 3 is 2.65 bits per heavy atom. The molecule has 1 unspecified atom stereocenters. The largest absolute Gasteiger partial charge is 0.371 e. The first-order valence-corrected chi connectivity index (χ1v) is 6.81. The zero-order valence-electron chi connectivity index (χ0n) is 11.1. The zero-order chi connectivity index (χ0) is 14.3. The maximum Gasteiger partial charge on any atom is 0.245 e. The fourth-order valence-electron chi connectivity index (χ4n) is 2.89. The number of carbonyl (C=O) groups is 2. The summed E-state index contributed by atoms with van der Waals surface area (Å²) in [5.74, 6) is -0.393. The number of rotatable bonds is 2. The highest BCUT2D eigenvalue weighted by Crippen LogP contribution is 2.33. The molecule has 1 aromatic carbocycles. The van der Waals surface area contributed by atoms with Gasteiger partial charge >= 0.3 is 0 Å². The fraction of sp³-hybridized carbons (Fsp3) is 0.429. The summed E-state index contributed by atoms with van der Waals surface area (Å²) in [6.07, 6.45) is 1.55. The van der Waals surface area contributed by atoms with Crippen LogP contribution in [0.25, 0.3) is 0 Å². The highest BCUT2D eigenvalue weighted by Gasteiger charge is 2.28. The van der Waals surface area contributed by atoms with Crippen LogP contribution < -0.4 is 21.7 Å². The molecule has 2 amide bonds. The van der Waals surface area contributed by atoms with Crippen LogP contribution >= 0.6 is 0 Å². The van der Waals surface area contributed by atoms with Crippen molar-refractivity contribution in [3.63, 3.8) is 0 Å². The van der Waals surface area contributed by atoms with Crippen molar-refractivity contribution >= 4 is 23.2 Å². The van der Waals surface area contributed by atoms with Gasteiger partial charge in [-0.25, -0.2) is 0 Å². The summed E-state index contributed by atoms with van der Waals surface area (Å²) in [4.78, 5) is 24.9. The van der Waals surface area contributed by atoms with Gasteiger partial charge in [0.2, 0.25) is 11.8 Å². The third kappa shape index (κ3) is 2.12.